The van der Waals surface area contributed by atoms with Crippen LogP contribution in [-0.2, 0) is 22.4 Å². The minimum atomic E-state index is -2.93. The van der Waals surface area contributed by atoms with E-state index in [1.165, 1.54) is 19.0 Å². The Bertz CT molecular complexity index is 1490. The van der Waals surface area contributed by atoms with Crippen molar-refractivity contribution in [1.29, 1.82) is 0 Å². The molecular weight excluding hydrogens is 516 g/mol. The molecule has 2 aromatic carbocycles. The van der Waals surface area contributed by atoms with Crippen molar-refractivity contribution in [3.05, 3.63) is 87.4 Å². The molecule has 40 heavy (non-hydrogen) atoms. The summed E-state index contributed by atoms with van der Waals surface area (Å²) in [5.41, 5.74) is 2.99. The number of phenols is 1. The summed E-state index contributed by atoms with van der Waals surface area (Å²) in [4.78, 5) is 40.9. The molecule has 0 bridgehead atoms. The van der Waals surface area contributed by atoms with Crippen molar-refractivity contribution in [3.63, 3.8) is 0 Å². The van der Waals surface area contributed by atoms with E-state index < -0.39 is 75.6 Å². The van der Waals surface area contributed by atoms with Gasteiger partial charge in [0.2, 0.25) is 5.78 Å². The summed E-state index contributed by atoms with van der Waals surface area (Å²) >= 11 is 0. The maximum atomic E-state index is 13.9. The van der Waals surface area contributed by atoms with Crippen LogP contribution in [0.2, 0.25) is 0 Å². The number of benzene rings is 2. The molecule has 10 nitrogen and oxygen atoms in total. The number of nitrogens with two attached hydrogens (primary N) is 1. The Morgan fingerprint density at radius 1 is 1.02 bits per heavy atom. The number of hydrogen-bond donors (Lipinski definition) is 6. The molecule has 3 aliphatic carbocycles. The molecule has 0 fully saturated rings. The molecule has 0 unspecified atom stereocenters. The number of rotatable bonds is 5. The Kier molecular flexibility index (Phi) is 6.60. The summed E-state index contributed by atoms with van der Waals surface area (Å²) in [5, 5.41) is 57.0. The van der Waals surface area contributed by atoms with Crippen molar-refractivity contribution in [2.75, 3.05) is 14.1 Å². The lowest BCUT2D eigenvalue weighted by molar-refractivity contribution is -0.162. The van der Waals surface area contributed by atoms with Crippen molar-refractivity contribution in [2.24, 2.45) is 17.6 Å². The lowest BCUT2D eigenvalue weighted by Crippen LogP contribution is -2.68. The number of nitrogens with zero attached hydrogens (tertiary/aromatic N) is 1. The van der Waals surface area contributed by atoms with E-state index in [-0.39, 0.29) is 11.3 Å². The number of ketones is 2. The zero-order chi connectivity index (χ0) is 29.3. The van der Waals surface area contributed by atoms with Gasteiger partial charge >= 0.3 is 0 Å². The first-order chi connectivity index (χ1) is 18.8. The van der Waals surface area contributed by atoms with E-state index >= 15 is 0 Å². The SMILES string of the molecule is C[C@H]1c2ccc(CCc3ccccc3)c(O)c2C(=O)C2=C(O)[C@]3(O)C(=O)C(C(N)=O)=C(O)[C@@H](N(C)C)[C@@H]3[C@@H](O)[C@@H]21. The highest BCUT2D eigenvalue weighted by molar-refractivity contribution is 6.25. The summed E-state index contributed by atoms with van der Waals surface area (Å²) in [6.07, 6.45) is -0.598. The molecule has 0 heterocycles. The molecule has 0 aliphatic heterocycles. The maximum Gasteiger partial charge on any atom is 0.255 e. The number of aliphatic hydroxyl groups is 4. The first kappa shape index (κ1) is 27.6. The molecule has 1 amide bonds. The van der Waals surface area contributed by atoms with Crippen molar-refractivity contribution in [3.8, 4) is 5.75 Å². The predicted molar refractivity (Wildman–Crippen MR) is 144 cm³/mol. The van der Waals surface area contributed by atoms with E-state index in [1.54, 1.807) is 19.1 Å². The molecule has 0 aromatic heterocycles. The Hall–Kier alpha value is -3.99. The molecule has 2 aromatic rings. The number of amides is 1. The molecule has 6 atom stereocenters. The highest BCUT2D eigenvalue weighted by Crippen LogP contribution is 2.55. The highest BCUT2D eigenvalue weighted by atomic mass is 16.4. The van der Waals surface area contributed by atoms with Crippen LogP contribution in [0.25, 0.3) is 0 Å². The molecular formula is C30H32N2O8. The number of primary amides is 1. The molecule has 7 N–H and O–H groups in total. The zero-order valence-electron chi connectivity index (χ0n) is 22.3. The third kappa shape index (κ3) is 3.71. The summed E-state index contributed by atoms with van der Waals surface area (Å²) in [7, 11) is 3.00. The van der Waals surface area contributed by atoms with E-state index in [2.05, 4.69) is 0 Å². The van der Waals surface area contributed by atoms with Gasteiger partial charge in [-0.1, -0.05) is 49.4 Å². The van der Waals surface area contributed by atoms with Crippen LogP contribution in [-0.4, -0.2) is 79.7 Å². The molecule has 3 aliphatic rings. The van der Waals surface area contributed by atoms with Gasteiger partial charge in [0.25, 0.3) is 5.91 Å². The van der Waals surface area contributed by atoms with E-state index in [9.17, 15) is 39.9 Å². The minimum Gasteiger partial charge on any atom is -0.510 e. The Labute approximate surface area is 230 Å². The largest absolute Gasteiger partial charge is 0.510 e. The molecule has 0 radical (unpaired) electrons. The van der Waals surface area contributed by atoms with Gasteiger partial charge in [-0.15, -0.1) is 0 Å². The van der Waals surface area contributed by atoms with Gasteiger partial charge in [0.05, 0.1) is 23.6 Å². The van der Waals surface area contributed by atoms with Crippen LogP contribution in [0.3, 0.4) is 0 Å². The number of phenolic OH excluding ortho intramolecular Hbond substituents is 1. The number of fused-ring (bicyclic) bond motifs is 3. The number of carbonyl (C=O) groups is 3. The number of likely N-dealkylation sites (N-methyl/N-ethyl adjacent to an activating group) is 1. The number of Topliss-reactive ketones (excluding diaryl/α,β-unsaturated/α-hetero) is 2. The van der Waals surface area contributed by atoms with Gasteiger partial charge in [-0.05, 0) is 49.5 Å². The number of carbonyl (C=O) groups excluding carboxylic acids is 3. The van der Waals surface area contributed by atoms with E-state index in [1.807, 2.05) is 30.3 Å². The maximum absolute atomic E-state index is 13.9. The first-order valence-electron chi connectivity index (χ1n) is 13.1. The van der Waals surface area contributed by atoms with Crippen molar-refractivity contribution >= 4 is 17.5 Å². The van der Waals surface area contributed by atoms with Gasteiger partial charge in [0.15, 0.2) is 11.4 Å². The lowest BCUT2D eigenvalue weighted by atomic mass is 9.55. The van der Waals surface area contributed by atoms with Crippen LogP contribution in [0.15, 0.2) is 65.1 Å². The monoisotopic (exact) mass is 548 g/mol. The van der Waals surface area contributed by atoms with Crippen LogP contribution in [0.1, 0.15) is 39.9 Å². The first-order valence-corrected chi connectivity index (χ1v) is 13.1. The van der Waals surface area contributed by atoms with E-state index in [0.717, 1.165) is 5.56 Å². The summed E-state index contributed by atoms with van der Waals surface area (Å²) < 4.78 is 0. The van der Waals surface area contributed by atoms with Gasteiger partial charge in [-0.25, -0.2) is 0 Å². The van der Waals surface area contributed by atoms with Crippen LogP contribution in [0.5, 0.6) is 5.75 Å². The molecule has 5 rings (SSSR count). The number of hydrogen-bond acceptors (Lipinski definition) is 9. The van der Waals surface area contributed by atoms with Crippen LogP contribution in [0, 0.1) is 11.8 Å². The average Bonchev–Trinajstić information content (AvgIpc) is 2.90. The molecule has 0 spiro atoms. The topological polar surface area (TPSA) is 182 Å². The fraction of sp³-hybridized carbons (Fsp3) is 0.367. The van der Waals surface area contributed by atoms with Crippen LogP contribution < -0.4 is 5.73 Å². The lowest BCUT2D eigenvalue weighted by Gasteiger charge is -2.53. The highest BCUT2D eigenvalue weighted by Gasteiger charge is 2.67. The number of aromatic hydroxyl groups is 1. The van der Waals surface area contributed by atoms with Gasteiger partial charge in [0.1, 0.15) is 22.8 Å². The van der Waals surface area contributed by atoms with Crippen LogP contribution in [0.4, 0.5) is 0 Å². The fourth-order valence-electron chi connectivity index (χ4n) is 6.79. The molecule has 0 saturated carbocycles. The molecule has 0 saturated heterocycles. The predicted octanol–water partition coefficient (Wildman–Crippen LogP) is 1.44. The van der Waals surface area contributed by atoms with Gasteiger partial charge in [0, 0.05) is 11.5 Å². The molecule has 210 valence electrons. The van der Waals surface area contributed by atoms with E-state index in [0.29, 0.717) is 24.0 Å². The van der Waals surface area contributed by atoms with Gasteiger partial charge < -0.3 is 31.3 Å². The quantitative estimate of drug-likeness (QED) is 0.301. The number of aliphatic hydroxyl groups excluding tert-OH is 3. The Morgan fingerprint density at radius 2 is 1.68 bits per heavy atom. The van der Waals surface area contributed by atoms with Crippen molar-refractivity contribution < 1.29 is 39.9 Å². The molecule has 10 heteroatoms. The standard InChI is InChI=1S/C30H32N2O8/c1-13-16-12-11-15(10-9-14-7-5-4-6-8-14)23(33)18(16)24(34)19-17(13)25(35)21-22(32(2)3)26(36)20(29(31)39)28(38)30(21,40)27(19)37/h4-8,11-13,17,21-22,25,33,35-37,40H,9-10H2,1-3H3,(H2,31,39)/t13-,17+,21+,22-,25-,30-/m0/s1. The minimum absolute atomic E-state index is 0.0777. The van der Waals surface area contributed by atoms with Crippen molar-refractivity contribution in [1.82, 2.24) is 4.90 Å². The smallest absolute Gasteiger partial charge is 0.255 e. The van der Waals surface area contributed by atoms with E-state index in [4.69, 9.17) is 5.73 Å². The fourth-order valence-corrected chi connectivity index (χ4v) is 6.79. The third-order valence-electron chi connectivity index (χ3n) is 8.74. The summed E-state index contributed by atoms with van der Waals surface area (Å²) in [6, 6.07) is 11.7. The Balaban J connectivity index is 1.66. The van der Waals surface area contributed by atoms with Gasteiger partial charge in [-0.2, -0.15) is 0 Å². The second-order valence-corrected chi connectivity index (χ2v) is 11.1. The normalized spacial score (nSPS) is 29.8. The average molecular weight is 549 g/mol. The van der Waals surface area contributed by atoms with Crippen molar-refractivity contribution in [2.45, 2.75) is 43.4 Å². The second-order valence-electron chi connectivity index (χ2n) is 11.1. The van der Waals surface area contributed by atoms with Gasteiger partial charge in [-0.3, -0.25) is 19.3 Å². The number of aryl methyl sites for hydroxylation is 2. The second kappa shape index (κ2) is 9.58. The van der Waals surface area contributed by atoms with Crippen LogP contribution >= 0.6 is 0 Å². The zero-order valence-corrected chi connectivity index (χ0v) is 22.3. The Morgan fingerprint density at radius 3 is 2.27 bits per heavy atom. The third-order valence-corrected chi connectivity index (χ3v) is 8.74. The summed E-state index contributed by atoms with van der Waals surface area (Å²) in [5.74, 6) is -8.87. The summed E-state index contributed by atoms with van der Waals surface area (Å²) in [6.45, 7) is 1.71.